The lowest BCUT2D eigenvalue weighted by Crippen LogP contribution is -2.46. The summed E-state index contributed by atoms with van der Waals surface area (Å²) >= 11 is 0. The number of hydrogen-bond acceptors (Lipinski definition) is 3. The molecule has 0 saturated carbocycles. The molecule has 0 atom stereocenters. The maximum atomic E-state index is 9.09. The second-order valence-electron chi connectivity index (χ2n) is 6.58. The summed E-state index contributed by atoms with van der Waals surface area (Å²) in [6.45, 7) is 6.30. The molecule has 3 rings (SSSR count). The average Bonchev–Trinajstić information content (AvgIpc) is 2.57. The summed E-state index contributed by atoms with van der Waals surface area (Å²) in [5.74, 6) is 0. The SMILES string of the molecule is OCc1ccc(CN2CCC(N3CCCCC3)CC2)cc1. The van der Waals surface area contributed by atoms with E-state index in [9.17, 15) is 0 Å². The first-order valence-corrected chi connectivity index (χ1v) is 8.50. The van der Waals surface area contributed by atoms with Crippen LogP contribution in [0.5, 0.6) is 0 Å². The lowest BCUT2D eigenvalue weighted by atomic mass is 9.99. The van der Waals surface area contributed by atoms with Crippen LogP contribution in [0, 0.1) is 0 Å². The van der Waals surface area contributed by atoms with Crippen molar-refractivity contribution < 1.29 is 5.11 Å². The van der Waals surface area contributed by atoms with E-state index in [2.05, 4.69) is 21.9 Å². The Morgan fingerprint density at radius 2 is 1.48 bits per heavy atom. The van der Waals surface area contributed by atoms with Gasteiger partial charge in [-0.05, 0) is 63.0 Å². The third-order valence-electron chi connectivity index (χ3n) is 5.08. The third-order valence-corrected chi connectivity index (χ3v) is 5.08. The fourth-order valence-corrected chi connectivity index (χ4v) is 3.73. The highest BCUT2D eigenvalue weighted by atomic mass is 16.3. The quantitative estimate of drug-likeness (QED) is 0.922. The molecule has 0 amide bonds. The predicted molar refractivity (Wildman–Crippen MR) is 86.1 cm³/mol. The van der Waals surface area contributed by atoms with Crippen LogP contribution in [-0.4, -0.2) is 47.1 Å². The van der Waals surface area contributed by atoms with E-state index in [1.165, 1.54) is 63.8 Å². The van der Waals surface area contributed by atoms with Crippen LogP contribution in [0.1, 0.15) is 43.2 Å². The highest BCUT2D eigenvalue weighted by Crippen LogP contribution is 2.22. The maximum absolute atomic E-state index is 9.09. The maximum Gasteiger partial charge on any atom is 0.0681 e. The first-order valence-electron chi connectivity index (χ1n) is 8.50. The molecule has 21 heavy (non-hydrogen) atoms. The lowest BCUT2D eigenvalue weighted by Gasteiger charge is -2.40. The Morgan fingerprint density at radius 1 is 0.857 bits per heavy atom. The van der Waals surface area contributed by atoms with E-state index in [0.29, 0.717) is 0 Å². The van der Waals surface area contributed by atoms with Crippen LogP contribution in [-0.2, 0) is 13.2 Å². The van der Waals surface area contributed by atoms with Crippen molar-refractivity contribution in [3.63, 3.8) is 0 Å². The van der Waals surface area contributed by atoms with E-state index in [1.807, 2.05) is 12.1 Å². The molecule has 0 spiro atoms. The topological polar surface area (TPSA) is 26.7 Å². The Bertz CT molecular complexity index is 417. The molecular weight excluding hydrogens is 260 g/mol. The number of likely N-dealkylation sites (tertiary alicyclic amines) is 2. The molecule has 0 aromatic heterocycles. The molecule has 3 nitrogen and oxygen atoms in total. The Hall–Kier alpha value is -0.900. The predicted octanol–water partition coefficient (Wildman–Crippen LogP) is 2.63. The number of aliphatic hydroxyl groups excluding tert-OH is 1. The van der Waals surface area contributed by atoms with E-state index in [1.54, 1.807) is 0 Å². The molecule has 1 aromatic carbocycles. The van der Waals surface area contributed by atoms with E-state index in [4.69, 9.17) is 5.11 Å². The molecule has 0 aliphatic carbocycles. The summed E-state index contributed by atoms with van der Waals surface area (Å²) in [5, 5.41) is 9.09. The van der Waals surface area contributed by atoms with E-state index < -0.39 is 0 Å². The van der Waals surface area contributed by atoms with Gasteiger partial charge in [0.25, 0.3) is 0 Å². The number of piperidine rings is 2. The van der Waals surface area contributed by atoms with Crippen LogP contribution in [0.2, 0.25) is 0 Å². The second kappa shape index (κ2) is 7.39. The van der Waals surface area contributed by atoms with Gasteiger partial charge in [-0.15, -0.1) is 0 Å². The van der Waals surface area contributed by atoms with Gasteiger partial charge in [-0.2, -0.15) is 0 Å². The van der Waals surface area contributed by atoms with Gasteiger partial charge >= 0.3 is 0 Å². The summed E-state index contributed by atoms with van der Waals surface area (Å²) < 4.78 is 0. The fraction of sp³-hybridized carbons (Fsp3) is 0.667. The zero-order valence-corrected chi connectivity index (χ0v) is 13.0. The van der Waals surface area contributed by atoms with Crippen LogP contribution < -0.4 is 0 Å². The Labute approximate surface area is 128 Å². The smallest absolute Gasteiger partial charge is 0.0681 e. The van der Waals surface area contributed by atoms with Crippen molar-refractivity contribution in [1.29, 1.82) is 0 Å². The molecular formula is C18H28N2O. The van der Waals surface area contributed by atoms with Gasteiger partial charge in [0.05, 0.1) is 6.61 Å². The van der Waals surface area contributed by atoms with Crippen molar-refractivity contribution in [2.45, 2.75) is 51.3 Å². The molecule has 2 aliphatic heterocycles. The van der Waals surface area contributed by atoms with Gasteiger partial charge in [0.1, 0.15) is 0 Å². The number of benzene rings is 1. The van der Waals surface area contributed by atoms with E-state index >= 15 is 0 Å². The number of hydrogen-bond donors (Lipinski definition) is 1. The van der Waals surface area contributed by atoms with Crippen LogP contribution in [0.3, 0.4) is 0 Å². The summed E-state index contributed by atoms with van der Waals surface area (Å²) in [6.07, 6.45) is 6.89. The van der Waals surface area contributed by atoms with Crippen LogP contribution in [0.4, 0.5) is 0 Å². The van der Waals surface area contributed by atoms with Crippen molar-refractivity contribution >= 4 is 0 Å². The monoisotopic (exact) mass is 288 g/mol. The molecule has 0 bridgehead atoms. The minimum Gasteiger partial charge on any atom is -0.392 e. The molecule has 2 saturated heterocycles. The van der Waals surface area contributed by atoms with Gasteiger partial charge in [-0.1, -0.05) is 30.7 Å². The third kappa shape index (κ3) is 4.06. The zero-order chi connectivity index (χ0) is 14.5. The molecule has 1 aromatic rings. The van der Waals surface area contributed by atoms with Gasteiger partial charge in [0.2, 0.25) is 0 Å². The number of nitrogens with zero attached hydrogens (tertiary/aromatic N) is 2. The molecule has 3 heteroatoms. The molecule has 2 aliphatic rings. The fourth-order valence-electron chi connectivity index (χ4n) is 3.73. The largest absolute Gasteiger partial charge is 0.392 e. The summed E-state index contributed by atoms with van der Waals surface area (Å²) in [5.41, 5.74) is 2.37. The zero-order valence-electron chi connectivity index (χ0n) is 13.0. The van der Waals surface area contributed by atoms with Crippen molar-refractivity contribution in [3.05, 3.63) is 35.4 Å². The number of aliphatic hydroxyl groups is 1. The van der Waals surface area contributed by atoms with Crippen LogP contribution >= 0.6 is 0 Å². The van der Waals surface area contributed by atoms with Crippen molar-refractivity contribution in [1.82, 2.24) is 9.80 Å². The standard InChI is InChI=1S/C18H28N2O/c21-15-17-6-4-16(5-7-17)14-19-12-8-18(9-13-19)20-10-2-1-3-11-20/h4-7,18,21H,1-3,8-15H2. The Balaban J connectivity index is 1.46. The van der Waals surface area contributed by atoms with Gasteiger partial charge in [0.15, 0.2) is 0 Å². The first-order chi connectivity index (χ1) is 10.3. The second-order valence-corrected chi connectivity index (χ2v) is 6.58. The van der Waals surface area contributed by atoms with Crippen LogP contribution in [0.15, 0.2) is 24.3 Å². The molecule has 2 fully saturated rings. The lowest BCUT2D eigenvalue weighted by molar-refractivity contribution is 0.0896. The number of rotatable bonds is 4. The average molecular weight is 288 g/mol. The van der Waals surface area contributed by atoms with Gasteiger partial charge in [-0.3, -0.25) is 4.90 Å². The molecule has 0 unspecified atom stereocenters. The normalized spacial score (nSPS) is 22.5. The van der Waals surface area contributed by atoms with Gasteiger partial charge < -0.3 is 10.0 Å². The Morgan fingerprint density at radius 3 is 2.10 bits per heavy atom. The van der Waals surface area contributed by atoms with E-state index in [0.717, 1.165) is 18.2 Å². The molecule has 1 N–H and O–H groups in total. The van der Waals surface area contributed by atoms with E-state index in [-0.39, 0.29) is 6.61 Å². The van der Waals surface area contributed by atoms with Gasteiger partial charge in [0, 0.05) is 12.6 Å². The summed E-state index contributed by atoms with van der Waals surface area (Å²) in [4.78, 5) is 5.31. The van der Waals surface area contributed by atoms with Gasteiger partial charge in [-0.25, -0.2) is 0 Å². The summed E-state index contributed by atoms with van der Waals surface area (Å²) in [7, 11) is 0. The minimum absolute atomic E-state index is 0.140. The highest BCUT2D eigenvalue weighted by molar-refractivity contribution is 5.21. The minimum atomic E-state index is 0.140. The van der Waals surface area contributed by atoms with Crippen LogP contribution in [0.25, 0.3) is 0 Å². The molecule has 2 heterocycles. The first kappa shape index (κ1) is 15.0. The molecule has 0 radical (unpaired) electrons. The Kier molecular flexibility index (Phi) is 5.28. The summed E-state index contributed by atoms with van der Waals surface area (Å²) in [6, 6.07) is 9.22. The highest BCUT2D eigenvalue weighted by Gasteiger charge is 2.25. The van der Waals surface area contributed by atoms with Crippen molar-refractivity contribution in [2.75, 3.05) is 26.2 Å². The van der Waals surface area contributed by atoms with Crippen molar-refractivity contribution in [2.24, 2.45) is 0 Å². The molecule has 116 valence electrons. The van der Waals surface area contributed by atoms with Crippen molar-refractivity contribution in [3.8, 4) is 0 Å².